The fourth-order valence-corrected chi connectivity index (χ4v) is 6.07. The van der Waals surface area contributed by atoms with Gasteiger partial charge in [-0.1, -0.05) is 24.3 Å². The highest BCUT2D eigenvalue weighted by Crippen LogP contribution is 2.46. The van der Waals surface area contributed by atoms with Crippen molar-refractivity contribution in [3.8, 4) is 11.1 Å². The first-order chi connectivity index (χ1) is 15.3. The molecule has 0 saturated carbocycles. The zero-order chi connectivity index (χ0) is 25.9. The van der Waals surface area contributed by atoms with E-state index in [-0.39, 0.29) is 22.4 Å². The van der Waals surface area contributed by atoms with E-state index in [1.165, 1.54) is 0 Å². The van der Waals surface area contributed by atoms with E-state index in [4.69, 9.17) is 18.1 Å². The normalized spacial score (nSPS) is 13.7. The average Bonchev–Trinajstić information content (AvgIpc) is 2.63. The van der Waals surface area contributed by atoms with Crippen LogP contribution >= 0.6 is 16.8 Å². The van der Waals surface area contributed by atoms with Gasteiger partial charge >= 0.3 is 0 Å². The predicted octanol–water partition coefficient (Wildman–Crippen LogP) is 8.49. The van der Waals surface area contributed by atoms with Crippen LogP contribution in [0.4, 0.5) is 0 Å². The summed E-state index contributed by atoms with van der Waals surface area (Å²) in [5.41, 5.74) is 1.16. The van der Waals surface area contributed by atoms with Gasteiger partial charge in [0.1, 0.15) is 0 Å². The van der Waals surface area contributed by atoms with Crippen molar-refractivity contribution < 1.29 is 18.1 Å². The molecule has 0 N–H and O–H groups in total. The van der Waals surface area contributed by atoms with Crippen LogP contribution in [0.15, 0.2) is 48.5 Å². The number of rotatable bonds is 7. The molecule has 0 heterocycles. The van der Waals surface area contributed by atoms with Gasteiger partial charge in [-0.25, -0.2) is 0 Å². The Morgan fingerprint density at radius 3 is 0.765 bits per heavy atom. The second kappa shape index (κ2) is 11.0. The molecule has 0 aliphatic carbocycles. The quantitative estimate of drug-likeness (QED) is 0.353. The zero-order valence-corrected chi connectivity index (χ0v) is 24.9. The minimum atomic E-state index is -1.18. The Morgan fingerprint density at radius 2 is 0.588 bits per heavy atom. The molecule has 0 aliphatic heterocycles. The highest BCUT2D eigenvalue weighted by atomic mass is 31.2. The van der Waals surface area contributed by atoms with E-state index < -0.39 is 16.8 Å². The molecule has 0 aliphatic rings. The van der Waals surface area contributed by atoms with Crippen LogP contribution in [0.2, 0.25) is 0 Å². The van der Waals surface area contributed by atoms with Crippen molar-refractivity contribution in [1.29, 1.82) is 0 Å². The van der Waals surface area contributed by atoms with E-state index in [1.54, 1.807) is 0 Å². The summed E-state index contributed by atoms with van der Waals surface area (Å²) in [4.78, 5) is 0. The molecule has 34 heavy (non-hydrogen) atoms. The molecule has 190 valence electrons. The van der Waals surface area contributed by atoms with Crippen LogP contribution in [0.5, 0.6) is 0 Å². The van der Waals surface area contributed by atoms with Crippen LogP contribution < -0.4 is 10.6 Å². The van der Waals surface area contributed by atoms with Gasteiger partial charge in [0.2, 0.25) is 16.8 Å². The first-order valence-corrected chi connectivity index (χ1v) is 14.2. The van der Waals surface area contributed by atoms with Crippen LogP contribution in [-0.2, 0) is 18.1 Å². The fourth-order valence-electron chi connectivity index (χ4n) is 2.79. The molecule has 0 bridgehead atoms. The van der Waals surface area contributed by atoms with Crippen LogP contribution in [0, 0.1) is 0 Å². The molecule has 6 heteroatoms. The Morgan fingerprint density at radius 1 is 0.382 bits per heavy atom. The molecule has 0 amide bonds. The van der Waals surface area contributed by atoms with Crippen LogP contribution in [0.3, 0.4) is 0 Å². The van der Waals surface area contributed by atoms with Gasteiger partial charge in [-0.05, 0) is 118 Å². The van der Waals surface area contributed by atoms with Gasteiger partial charge in [0.15, 0.2) is 0 Å². The smallest absolute Gasteiger partial charge is 0.206 e. The van der Waals surface area contributed by atoms with Crippen molar-refractivity contribution >= 4 is 27.4 Å². The van der Waals surface area contributed by atoms with Crippen LogP contribution in [-0.4, -0.2) is 22.4 Å². The van der Waals surface area contributed by atoms with Crippen LogP contribution in [0.25, 0.3) is 11.1 Å². The molecule has 2 aromatic rings. The molecule has 0 aromatic heterocycles. The third kappa shape index (κ3) is 10.8. The molecule has 2 rings (SSSR count). The monoisotopic (exact) mass is 506 g/mol. The molecule has 0 saturated heterocycles. The Balaban J connectivity index is 2.26. The molecule has 0 fully saturated rings. The molecule has 2 aromatic carbocycles. The molecule has 4 nitrogen and oxygen atoms in total. The largest absolute Gasteiger partial charge is 0.325 e. The van der Waals surface area contributed by atoms with Gasteiger partial charge in [0, 0.05) is 10.6 Å². The molecule has 0 unspecified atom stereocenters. The molecule has 0 radical (unpaired) electrons. The fraction of sp³-hybridized carbons (Fsp3) is 0.571. The number of hydrogen-bond acceptors (Lipinski definition) is 4. The minimum Gasteiger partial charge on any atom is -0.325 e. The van der Waals surface area contributed by atoms with Crippen molar-refractivity contribution in [2.45, 2.75) is 105 Å². The predicted molar refractivity (Wildman–Crippen MR) is 148 cm³/mol. The van der Waals surface area contributed by atoms with Crippen LogP contribution in [0.1, 0.15) is 83.1 Å². The number of benzene rings is 2. The van der Waals surface area contributed by atoms with E-state index in [0.717, 1.165) is 21.7 Å². The summed E-state index contributed by atoms with van der Waals surface area (Å²) in [6.07, 6.45) is 0. The van der Waals surface area contributed by atoms with E-state index in [9.17, 15) is 0 Å². The van der Waals surface area contributed by atoms with Gasteiger partial charge in [0.25, 0.3) is 0 Å². The van der Waals surface area contributed by atoms with Crippen molar-refractivity contribution in [3.05, 3.63) is 48.5 Å². The Hall–Kier alpha value is -0.860. The first kappa shape index (κ1) is 29.4. The average molecular weight is 507 g/mol. The van der Waals surface area contributed by atoms with Gasteiger partial charge in [-0.3, -0.25) is 0 Å². The second-order valence-electron chi connectivity index (χ2n) is 12.4. The molecule has 0 atom stereocenters. The van der Waals surface area contributed by atoms with Gasteiger partial charge in [-0.2, -0.15) is 0 Å². The van der Waals surface area contributed by atoms with E-state index in [2.05, 4.69) is 132 Å². The lowest BCUT2D eigenvalue weighted by atomic mass is 10.1. The SMILES string of the molecule is CC(C)(C)OP(OC(C)(C)C)c1ccc(-c2ccc(P(OC(C)(C)C)OC(C)(C)C)cc2)cc1. The second-order valence-corrected chi connectivity index (χ2v) is 15.2. The summed E-state index contributed by atoms with van der Waals surface area (Å²) >= 11 is 0. The van der Waals surface area contributed by atoms with E-state index >= 15 is 0 Å². The maximum Gasteiger partial charge on any atom is 0.206 e. The third-order valence-corrected chi connectivity index (χ3v) is 8.21. The van der Waals surface area contributed by atoms with Gasteiger partial charge < -0.3 is 18.1 Å². The van der Waals surface area contributed by atoms with Gasteiger partial charge in [0.05, 0.1) is 22.4 Å². The van der Waals surface area contributed by atoms with E-state index in [1.807, 2.05) is 0 Å². The summed E-state index contributed by atoms with van der Waals surface area (Å²) in [6.45, 7) is 24.7. The van der Waals surface area contributed by atoms with Crippen molar-refractivity contribution in [2.24, 2.45) is 0 Å². The van der Waals surface area contributed by atoms with E-state index in [0.29, 0.717) is 0 Å². The van der Waals surface area contributed by atoms with Crippen molar-refractivity contribution in [1.82, 2.24) is 0 Å². The maximum atomic E-state index is 6.28. The third-order valence-electron chi connectivity index (χ3n) is 3.92. The highest BCUT2D eigenvalue weighted by molar-refractivity contribution is 7.56. The molecular formula is C28H44O4P2. The highest BCUT2D eigenvalue weighted by Gasteiger charge is 2.28. The summed E-state index contributed by atoms with van der Waals surface area (Å²) in [5, 5.41) is 2.14. The number of hydrogen-bond donors (Lipinski definition) is 0. The summed E-state index contributed by atoms with van der Waals surface area (Å²) in [7, 11) is -2.37. The van der Waals surface area contributed by atoms with Gasteiger partial charge in [-0.15, -0.1) is 0 Å². The molecular weight excluding hydrogens is 462 g/mol. The summed E-state index contributed by atoms with van der Waals surface area (Å²) < 4.78 is 25.1. The standard InChI is InChI=1S/C28H44O4P2/c1-25(2,3)29-33(30-26(4,5)6)23-17-13-21(14-18-23)22-15-19-24(20-16-22)34(31-27(7,8)9)32-28(10,11)12/h13-20H,1-12H3. The van der Waals surface area contributed by atoms with Crippen molar-refractivity contribution in [3.63, 3.8) is 0 Å². The summed E-state index contributed by atoms with van der Waals surface area (Å²) in [6, 6.07) is 17.0. The lowest BCUT2D eigenvalue weighted by molar-refractivity contribution is 0.0765. The Kier molecular flexibility index (Phi) is 9.53. The topological polar surface area (TPSA) is 36.9 Å². The zero-order valence-electron chi connectivity index (χ0n) is 23.1. The summed E-state index contributed by atoms with van der Waals surface area (Å²) in [5.74, 6) is 0. The molecule has 0 spiro atoms. The lowest BCUT2D eigenvalue weighted by Crippen LogP contribution is -2.25. The first-order valence-electron chi connectivity index (χ1n) is 11.9. The minimum absolute atomic E-state index is 0.284. The maximum absolute atomic E-state index is 6.28. The lowest BCUT2D eigenvalue weighted by Gasteiger charge is -2.32. The Labute approximate surface area is 210 Å². The Bertz CT molecular complexity index is 787. The van der Waals surface area contributed by atoms with Crippen molar-refractivity contribution in [2.75, 3.05) is 0 Å².